The quantitative estimate of drug-likeness (QED) is 0.481. The Morgan fingerprint density at radius 1 is 0.900 bits per heavy atom. The monoisotopic (exact) mass is 414 g/mol. The Morgan fingerprint density at radius 2 is 1.57 bits per heavy atom. The third kappa shape index (κ3) is 3.65. The maximum absolute atomic E-state index is 13.2. The van der Waals surface area contributed by atoms with E-state index in [0.717, 1.165) is 28.1 Å². The van der Waals surface area contributed by atoms with Gasteiger partial charge in [-0.05, 0) is 29.3 Å². The Hall–Kier alpha value is -3.64. The Morgan fingerprint density at radius 3 is 2.27 bits per heavy atom. The number of rotatable bonds is 5. The summed E-state index contributed by atoms with van der Waals surface area (Å²) in [6.07, 6.45) is 0. The zero-order valence-electron chi connectivity index (χ0n) is 15.9. The highest BCUT2D eigenvalue weighted by Crippen LogP contribution is 2.37. The van der Waals surface area contributed by atoms with Crippen LogP contribution >= 0.6 is 11.3 Å². The van der Waals surface area contributed by atoms with Gasteiger partial charge in [0.25, 0.3) is 0 Å². The molecule has 0 fully saturated rings. The molecule has 0 saturated carbocycles. The highest BCUT2D eigenvalue weighted by Gasteiger charge is 2.23. The molecule has 0 radical (unpaired) electrons. The molecule has 30 heavy (non-hydrogen) atoms. The number of nitrogens with one attached hydrogen (secondary N) is 1. The molecule has 1 amide bonds. The van der Waals surface area contributed by atoms with Crippen LogP contribution in [0, 0.1) is 0 Å². The van der Waals surface area contributed by atoms with Gasteiger partial charge in [-0.25, -0.2) is 4.98 Å². The summed E-state index contributed by atoms with van der Waals surface area (Å²) in [5.74, 6) is 0.916. The molecule has 5 nitrogen and oxygen atoms in total. The zero-order valence-corrected chi connectivity index (χ0v) is 16.8. The summed E-state index contributed by atoms with van der Waals surface area (Å²) in [4.78, 5) is 17.8. The van der Waals surface area contributed by atoms with E-state index in [9.17, 15) is 4.79 Å². The lowest BCUT2D eigenvalue weighted by molar-refractivity contribution is -0.116. The highest BCUT2D eigenvalue weighted by molar-refractivity contribution is 7.14. The third-order valence-electron chi connectivity index (χ3n) is 4.93. The second-order valence-corrected chi connectivity index (χ2v) is 7.71. The summed E-state index contributed by atoms with van der Waals surface area (Å²) in [5.41, 5.74) is 3.57. The number of nitrogens with zero attached hydrogens (tertiary/aromatic N) is 1. The zero-order chi connectivity index (χ0) is 20.3. The molecule has 2 heterocycles. The molecule has 0 saturated heterocycles. The van der Waals surface area contributed by atoms with E-state index in [2.05, 4.69) is 10.3 Å². The van der Waals surface area contributed by atoms with Gasteiger partial charge >= 0.3 is 0 Å². The highest BCUT2D eigenvalue weighted by atomic mass is 32.1. The van der Waals surface area contributed by atoms with Crippen molar-refractivity contribution in [3.8, 4) is 22.8 Å². The van der Waals surface area contributed by atoms with E-state index >= 15 is 0 Å². The molecule has 4 aromatic rings. The maximum Gasteiger partial charge on any atom is 0.238 e. The van der Waals surface area contributed by atoms with E-state index in [1.54, 1.807) is 0 Å². The van der Waals surface area contributed by atoms with Crippen LogP contribution < -0.4 is 14.8 Å². The number of anilines is 1. The topological polar surface area (TPSA) is 60.5 Å². The van der Waals surface area contributed by atoms with E-state index in [1.165, 1.54) is 11.3 Å². The van der Waals surface area contributed by atoms with Gasteiger partial charge in [0.1, 0.15) is 0 Å². The standard InChI is InChI=1S/C24H18N2O3S/c27-23(22(16-7-3-1-4-8-16)17-9-5-2-6-10-17)26-24-25-19(14-30-24)18-11-12-20-21(13-18)29-15-28-20/h1-14,22H,15H2,(H,25,26,27). The van der Waals surface area contributed by atoms with E-state index < -0.39 is 5.92 Å². The van der Waals surface area contributed by atoms with Gasteiger partial charge in [-0.15, -0.1) is 11.3 Å². The predicted octanol–water partition coefficient (Wildman–Crippen LogP) is 5.31. The van der Waals surface area contributed by atoms with E-state index in [4.69, 9.17) is 9.47 Å². The van der Waals surface area contributed by atoms with Gasteiger partial charge in [-0.3, -0.25) is 4.79 Å². The Kier molecular flexibility index (Phi) is 4.91. The van der Waals surface area contributed by atoms with Crippen LogP contribution in [-0.4, -0.2) is 17.7 Å². The fourth-order valence-corrected chi connectivity index (χ4v) is 4.21. The second-order valence-electron chi connectivity index (χ2n) is 6.85. The van der Waals surface area contributed by atoms with Crippen LogP contribution in [0.5, 0.6) is 11.5 Å². The maximum atomic E-state index is 13.2. The molecule has 3 aromatic carbocycles. The normalized spacial score (nSPS) is 12.2. The Balaban J connectivity index is 1.40. The van der Waals surface area contributed by atoms with Crippen LogP contribution in [0.3, 0.4) is 0 Å². The molecule has 0 atom stereocenters. The molecule has 0 spiro atoms. The first kappa shape index (κ1) is 18.4. The van der Waals surface area contributed by atoms with Gasteiger partial charge in [0, 0.05) is 10.9 Å². The minimum atomic E-state index is -0.412. The summed E-state index contributed by atoms with van der Waals surface area (Å²) in [6, 6.07) is 25.3. The van der Waals surface area contributed by atoms with Crippen molar-refractivity contribution in [3.63, 3.8) is 0 Å². The van der Waals surface area contributed by atoms with Crippen LogP contribution in [-0.2, 0) is 4.79 Å². The minimum absolute atomic E-state index is 0.112. The van der Waals surface area contributed by atoms with Gasteiger partial charge in [0.2, 0.25) is 12.7 Å². The number of carbonyl (C=O) groups excluding carboxylic acids is 1. The summed E-state index contributed by atoms with van der Waals surface area (Å²) in [6.45, 7) is 0.234. The van der Waals surface area contributed by atoms with Gasteiger partial charge in [-0.2, -0.15) is 0 Å². The van der Waals surface area contributed by atoms with Crippen molar-refractivity contribution in [2.75, 3.05) is 12.1 Å². The fourth-order valence-electron chi connectivity index (χ4n) is 3.48. The molecule has 1 aliphatic rings. The number of fused-ring (bicyclic) bond motifs is 1. The third-order valence-corrected chi connectivity index (χ3v) is 5.69. The van der Waals surface area contributed by atoms with Gasteiger partial charge in [0.15, 0.2) is 16.6 Å². The number of benzene rings is 3. The van der Waals surface area contributed by atoms with Crippen LogP contribution in [0.4, 0.5) is 5.13 Å². The summed E-state index contributed by atoms with van der Waals surface area (Å²) in [5, 5.41) is 5.48. The lowest BCUT2D eigenvalue weighted by Crippen LogP contribution is -2.22. The molecule has 1 aliphatic heterocycles. The van der Waals surface area contributed by atoms with Crippen molar-refractivity contribution in [1.82, 2.24) is 4.98 Å². The van der Waals surface area contributed by atoms with Crippen molar-refractivity contribution in [2.45, 2.75) is 5.92 Å². The van der Waals surface area contributed by atoms with E-state index in [-0.39, 0.29) is 12.7 Å². The number of aromatic nitrogens is 1. The number of hydrogen-bond acceptors (Lipinski definition) is 5. The average Bonchev–Trinajstić information content (AvgIpc) is 3.44. The number of hydrogen-bond donors (Lipinski definition) is 1. The van der Waals surface area contributed by atoms with E-state index in [0.29, 0.717) is 10.9 Å². The van der Waals surface area contributed by atoms with Crippen molar-refractivity contribution in [3.05, 3.63) is 95.4 Å². The molecule has 1 N–H and O–H groups in total. The van der Waals surface area contributed by atoms with Gasteiger partial charge < -0.3 is 14.8 Å². The Bertz CT molecular complexity index is 1140. The molecule has 1 aromatic heterocycles. The van der Waals surface area contributed by atoms with Crippen molar-refractivity contribution in [2.24, 2.45) is 0 Å². The van der Waals surface area contributed by atoms with Crippen molar-refractivity contribution >= 4 is 22.4 Å². The van der Waals surface area contributed by atoms with Crippen LogP contribution in [0.15, 0.2) is 84.2 Å². The Labute approximate surface area is 177 Å². The fraction of sp³-hybridized carbons (Fsp3) is 0.0833. The molecule has 0 aliphatic carbocycles. The first-order valence-electron chi connectivity index (χ1n) is 9.54. The van der Waals surface area contributed by atoms with Crippen molar-refractivity contribution < 1.29 is 14.3 Å². The number of carbonyl (C=O) groups is 1. The second kappa shape index (κ2) is 8.00. The summed E-state index contributed by atoms with van der Waals surface area (Å²) < 4.78 is 10.8. The molecule has 6 heteroatoms. The van der Waals surface area contributed by atoms with E-state index in [1.807, 2.05) is 84.2 Å². The first-order chi connectivity index (χ1) is 14.8. The molecule has 5 rings (SSSR count). The molecular weight excluding hydrogens is 396 g/mol. The molecule has 0 bridgehead atoms. The number of ether oxygens (including phenoxy) is 2. The van der Waals surface area contributed by atoms with Gasteiger partial charge in [-0.1, -0.05) is 60.7 Å². The SMILES string of the molecule is O=C(Nc1nc(-c2ccc3c(c2)OCO3)cs1)C(c1ccccc1)c1ccccc1. The summed E-state index contributed by atoms with van der Waals surface area (Å²) in [7, 11) is 0. The van der Waals surface area contributed by atoms with Gasteiger partial charge in [0.05, 0.1) is 11.6 Å². The van der Waals surface area contributed by atoms with Crippen LogP contribution in [0.25, 0.3) is 11.3 Å². The first-order valence-corrected chi connectivity index (χ1v) is 10.4. The van der Waals surface area contributed by atoms with Crippen molar-refractivity contribution in [1.29, 1.82) is 0 Å². The largest absolute Gasteiger partial charge is 0.454 e. The lowest BCUT2D eigenvalue weighted by Gasteiger charge is -2.17. The lowest BCUT2D eigenvalue weighted by atomic mass is 9.90. The van der Waals surface area contributed by atoms with Crippen LogP contribution in [0.1, 0.15) is 17.0 Å². The molecular formula is C24H18N2O3S. The smallest absolute Gasteiger partial charge is 0.238 e. The van der Waals surface area contributed by atoms with Crippen LogP contribution in [0.2, 0.25) is 0 Å². The minimum Gasteiger partial charge on any atom is -0.454 e. The predicted molar refractivity (Wildman–Crippen MR) is 117 cm³/mol. The number of amides is 1. The summed E-state index contributed by atoms with van der Waals surface area (Å²) >= 11 is 1.40. The molecule has 148 valence electrons. The molecule has 0 unspecified atom stereocenters. The average molecular weight is 414 g/mol. The number of thiazole rings is 1.